The van der Waals surface area contributed by atoms with E-state index in [1.807, 2.05) is 6.92 Å². The highest BCUT2D eigenvalue weighted by molar-refractivity contribution is 6.14. The van der Waals surface area contributed by atoms with Crippen molar-refractivity contribution in [3.63, 3.8) is 0 Å². The lowest BCUT2D eigenvalue weighted by Crippen LogP contribution is -2.40. The minimum absolute atomic E-state index is 0.0642. The van der Waals surface area contributed by atoms with Crippen LogP contribution in [0.5, 0.6) is 0 Å². The van der Waals surface area contributed by atoms with Gasteiger partial charge < -0.3 is 9.30 Å². The molecule has 7 heteroatoms. The van der Waals surface area contributed by atoms with Gasteiger partial charge in [0.25, 0.3) is 5.56 Å². The summed E-state index contributed by atoms with van der Waals surface area (Å²) in [5.41, 5.74) is -0.333. The molecule has 6 nitrogen and oxygen atoms in total. The minimum atomic E-state index is -0.473. The second-order valence-electron chi connectivity index (χ2n) is 10.2. The summed E-state index contributed by atoms with van der Waals surface area (Å²) >= 11 is 0. The highest BCUT2D eigenvalue weighted by atomic mass is 16.5. The lowest BCUT2D eigenvalue weighted by atomic mass is 9.60. The lowest BCUT2D eigenvalue weighted by Gasteiger charge is -2.37. The Morgan fingerprint density at radius 3 is 2.27 bits per heavy atom. The Balaban J connectivity index is 2.45. The first-order chi connectivity index (χ1) is 13.8. The largest absolute Gasteiger partial charge is 0.465 e. The molecule has 1 heterocycles. The highest BCUT2D eigenvalue weighted by Crippen LogP contribution is 2.42. The average molecular weight is 420 g/mol. The van der Waals surface area contributed by atoms with Gasteiger partial charge in [-0.1, -0.05) is 39.4 Å². The van der Waals surface area contributed by atoms with Crippen LogP contribution in [0.1, 0.15) is 79.2 Å². The zero-order valence-electron chi connectivity index (χ0n) is 20.3. The second-order valence-corrected chi connectivity index (χ2v) is 10.2. The average Bonchev–Trinajstić information content (AvgIpc) is 2.63. The smallest absolute Gasteiger partial charge is 0.330 e. The number of carbonyl (C=O) groups is 1. The fourth-order valence-electron chi connectivity index (χ4n) is 3.92. The quantitative estimate of drug-likeness (QED) is 0.296. The van der Waals surface area contributed by atoms with Crippen molar-refractivity contribution < 1.29 is 9.53 Å². The number of aryl methyl sites for hydroxylation is 2. The molecular weight excluding hydrogens is 379 g/mol. The van der Waals surface area contributed by atoms with Crippen molar-refractivity contribution in [2.75, 3.05) is 6.61 Å². The first-order valence-corrected chi connectivity index (χ1v) is 11.3. The number of hydrogen-bond acceptors (Lipinski definition) is 4. The molecule has 1 aromatic rings. The Morgan fingerprint density at radius 2 is 1.73 bits per heavy atom. The molecule has 0 bridgehead atoms. The molecule has 1 unspecified atom stereocenters. The topological polar surface area (TPSA) is 70.3 Å². The van der Waals surface area contributed by atoms with Gasteiger partial charge in [0.1, 0.15) is 7.85 Å². The van der Waals surface area contributed by atoms with Crippen molar-refractivity contribution in [2.45, 2.75) is 99.0 Å². The molecule has 170 valence electrons. The van der Waals surface area contributed by atoms with E-state index < -0.39 is 5.41 Å². The SMILES string of the molecule is BC(C)(C)CC(C)(C(=O)OCCCCCCn1cc(C)c(=O)n(CC)c1=O)C(C)C. The van der Waals surface area contributed by atoms with E-state index in [0.717, 1.165) is 32.1 Å². The first kappa shape index (κ1) is 26.3. The van der Waals surface area contributed by atoms with Crippen LogP contribution in [-0.4, -0.2) is 29.6 Å². The predicted molar refractivity (Wildman–Crippen MR) is 125 cm³/mol. The van der Waals surface area contributed by atoms with E-state index in [9.17, 15) is 14.4 Å². The zero-order chi connectivity index (χ0) is 23.1. The standard InChI is InChI=1S/C23H41BN2O4/c1-8-26-19(27)18(4)15-25(21(26)29)13-11-9-10-12-14-30-20(28)23(7,17(2)3)16-22(5,6)24/h15,17H,8-14,16,24H2,1-7H3. The van der Waals surface area contributed by atoms with Gasteiger partial charge in [0.05, 0.1) is 12.0 Å². The Labute approximate surface area is 182 Å². The van der Waals surface area contributed by atoms with Gasteiger partial charge in [-0.25, -0.2) is 4.79 Å². The van der Waals surface area contributed by atoms with Gasteiger partial charge in [-0.2, -0.15) is 0 Å². The Bertz CT molecular complexity index is 820. The van der Waals surface area contributed by atoms with Crippen LogP contribution in [0.15, 0.2) is 15.8 Å². The molecule has 0 aliphatic carbocycles. The van der Waals surface area contributed by atoms with E-state index in [4.69, 9.17) is 4.74 Å². The molecule has 0 radical (unpaired) electrons. The molecule has 0 saturated carbocycles. The van der Waals surface area contributed by atoms with E-state index in [2.05, 4.69) is 35.5 Å². The zero-order valence-corrected chi connectivity index (χ0v) is 20.3. The van der Waals surface area contributed by atoms with Crippen molar-refractivity contribution in [1.82, 2.24) is 9.13 Å². The highest BCUT2D eigenvalue weighted by Gasteiger charge is 2.41. The third-order valence-corrected chi connectivity index (χ3v) is 5.89. The van der Waals surface area contributed by atoms with E-state index in [1.54, 1.807) is 24.6 Å². The van der Waals surface area contributed by atoms with Crippen molar-refractivity contribution in [3.05, 3.63) is 32.6 Å². The number of esters is 1. The molecule has 0 aromatic carbocycles. The second kappa shape index (κ2) is 11.0. The maximum absolute atomic E-state index is 12.7. The molecule has 0 amide bonds. The number of unbranched alkanes of at least 4 members (excludes halogenated alkanes) is 3. The van der Waals surface area contributed by atoms with Gasteiger partial charge in [-0.05, 0) is 52.4 Å². The summed E-state index contributed by atoms with van der Waals surface area (Å²) in [6.45, 7) is 15.4. The first-order valence-electron chi connectivity index (χ1n) is 11.3. The molecule has 0 aliphatic rings. The monoisotopic (exact) mass is 420 g/mol. The summed E-state index contributed by atoms with van der Waals surface area (Å²) in [7, 11) is 2.15. The van der Waals surface area contributed by atoms with Crippen molar-refractivity contribution in [1.29, 1.82) is 0 Å². The number of carbonyl (C=O) groups excluding carboxylic acids is 1. The Hall–Kier alpha value is -1.79. The number of nitrogens with zero attached hydrogens (tertiary/aromatic N) is 2. The molecule has 0 spiro atoms. The fraction of sp³-hybridized carbons (Fsp3) is 0.783. The molecule has 1 rings (SSSR count). The molecule has 0 saturated heterocycles. The maximum atomic E-state index is 12.7. The van der Waals surface area contributed by atoms with Crippen LogP contribution in [0.4, 0.5) is 0 Å². The normalized spacial score (nSPS) is 14.0. The van der Waals surface area contributed by atoms with Gasteiger partial charge in [0, 0.05) is 24.8 Å². The molecule has 1 aromatic heterocycles. The summed E-state index contributed by atoms with van der Waals surface area (Å²) < 4.78 is 8.53. The van der Waals surface area contributed by atoms with Crippen molar-refractivity contribution in [3.8, 4) is 0 Å². The van der Waals surface area contributed by atoms with Crippen molar-refractivity contribution >= 4 is 13.8 Å². The maximum Gasteiger partial charge on any atom is 0.330 e. The Morgan fingerprint density at radius 1 is 1.13 bits per heavy atom. The number of ether oxygens (including phenoxy) is 1. The van der Waals surface area contributed by atoms with Gasteiger partial charge in [-0.15, -0.1) is 0 Å². The van der Waals surface area contributed by atoms with Gasteiger partial charge in [0.15, 0.2) is 0 Å². The molecule has 0 fully saturated rings. The van der Waals surface area contributed by atoms with Gasteiger partial charge >= 0.3 is 11.7 Å². The number of rotatable bonds is 12. The van der Waals surface area contributed by atoms with Gasteiger partial charge in [0.2, 0.25) is 0 Å². The summed E-state index contributed by atoms with van der Waals surface area (Å²) in [6, 6.07) is 0. The summed E-state index contributed by atoms with van der Waals surface area (Å²) in [5.74, 6) is 0.119. The van der Waals surface area contributed by atoms with Crippen LogP contribution in [0, 0.1) is 18.3 Å². The fourth-order valence-corrected chi connectivity index (χ4v) is 3.92. The van der Waals surface area contributed by atoms with Crippen LogP contribution < -0.4 is 11.2 Å². The minimum Gasteiger partial charge on any atom is -0.465 e. The number of hydrogen-bond donors (Lipinski definition) is 0. The molecular formula is C23H41BN2O4. The van der Waals surface area contributed by atoms with Crippen LogP contribution >= 0.6 is 0 Å². The molecule has 1 atom stereocenters. The van der Waals surface area contributed by atoms with Crippen LogP contribution in [0.25, 0.3) is 0 Å². The van der Waals surface area contributed by atoms with Crippen LogP contribution in [0.3, 0.4) is 0 Å². The predicted octanol–water partition coefficient (Wildman–Crippen LogP) is 3.33. The lowest BCUT2D eigenvalue weighted by molar-refractivity contribution is -0.159. The third kappa shape index (κ3) is 7.17. The van der Waals surface area contributed by atoms with E-state index >= 15 is 0 Å². The van der Waals surface area contributed by atoms with Gasteiger partial charge in [-0.3, -0.25) is 14.2 Å². The number of aromatic nitrogens is 2. The van der Waals surface area contributed by atoms with Crippen LogP contribution in [-0.2, 0) is 22.6 Å². The van der Waals surface area contributed by atoms with E-state index in [-0.39, 0.29) is 28.5 Å². The van der Waals surface area contributed by atoms with E-state index in [1.165, 1.54) is 4.57 Å². The third-order valence-electron chi connectivity index (χ3n) is 5.89. The summed E-state index contributed by atoms with van der Waals surface area (Å²) in [6.07, 6.45) is 6.00. The molecule has 30 heavy (non-hydrogen) atoms. The molecule has 0 N–H and O–H groups in total. The van der Waals surface area contributed by atoms with Crippen molar-refractivity contribution in [2.24, 2.45) is 11.3 Å². The summed E-state index contributed by atoms with van der Waals surface area (Å²) in [4.78, 5) is 37.0. The van der Waals surface area contributed by atoms with E-state index in [0.29, 0.717) is 25.3 Å². The summed E-state index contributed by atoms with van der Waals surface area (Å²) in [5, 5.41) is 0.0642. The van der Waals surface area contributed by atoms with Crippen LogP contribution in [0.2, 0.25) is 5.31 Å². The Kier molecular flexibility index (Phi) is 9.63. The molecule has 0 aliphatic heterocycles.